The minimum absolute atomic E-state index is 0.0388. The van der Waals surface area contributed by atoms with Crippen LogP contribution >= 0.6 is 0 Å². The first-order chi connectivity index (χ1) is 54.4. The van der Waals surface area contributed by atoms with Crippen molar-refractivity contribution in [3.05, 3.63) is 86.6 Å². The Labute approximate surface area is 696 Å². The van der Waals surface area contributed by atoms with Gasteiger partial charge in [-0.25, -0.2) is 33.6 Å². The van der Waals surface area contributed by atoms with Crippen molar-refractivity contribution in [2.45, 2.75) is 352 Å². The van der Waals surface area contributed by atoms with Crippen molar-refractivity contribution in [3.63, 3.8) is 0 Å². The molecule has 6 fully saturated rings. The third kappa shape index (κ3) is 50.9. The monoisotopic (exact) mass is 1600 g/mol. The molecule has 0 aromatic rings. The molecule has 0 amide bonds. The van der Waals surface area contributed by atoms with Gasteiger partial charge in [0, 0.05) is 54.2 Å². The maximum absolute atomic E-state index is 11.5. The second-order valence-corrected chi connectivity index (χ2v) is 34.8. The van der Waals surface area contributed by atoms with E-state index in [2.05, 4.69) is 101 Å². The number of hydrogen-bond acceptors (Lipinski definition) is 17. The molecule has 0 aliphatic heterocycles. The summed E-state index contributed by atoms with van der Waals surface area (Å²) < 4.78 is 41.3. The van der Waals surface area contributed by atoms with Gasteiger partial charge in [-0.2, -0.15) is 0 Å². The summed E-state index contributed by atoms with van der Waals surface area (Å²) >= 11 is 0. The van der Waals surface area contributed by atoms with Crippen LogP contribution in [-0.4, -0.2) is 113 Å². The maximum Gasteiger partial charge on any atom is 0.333 e. The van der Waals surface area contributed by atoms with Crippen molar-refractivity contribution in [1.82, 2.24) is 0 Å². The molecule has 0 spiro atoms. The van der Waals surface area contributed by atoms with Gasteiger partial charge in [-0.05, 0) is 253 Å². The van der Waals surface area contributed by atoms with Crippen molar-refractivity contribution in [1.29, 1.82) is 0 Å². The molecular weight excluding hydrogens is 1430 g/mol. The van der Waals surface area contributed by atoms with E-state index >= 15 is 0 Å². The number of methoxy groups -OCH3 is 1. The minimum atomic E-state index is -0.326. The average Bonchev–Trinajstić information content (AvgIpc) is 1.61. The van der Waals surface area contributed by atoms with Gasteiger partial charge in [0.2, 0.25) is 0 Å². The zero-order valence-electron chi connectivity index (χ0n) is 75.1. The molecule has 6 aliphatic rings. The largest absolute Gasteiger partial charge is 0.463 e. The lowest BCUT2D eigenvalue weighted by molar-refractivity contribution is -0.148. The summed E-state index contributed by atoms with van der Waals surface area (Å²) in [5, 5.41) is 0. The third-order valence-electron chi connectivity index (χ3n) is 23.7. The molecule has 17 heteroatoms. The fourth-order valence-corrected chi connectivity index (χ4v) is 17.7. The van der Waals surface area contributed by atoms with E-state index in [9.17, 15) is 33.6 Å². The number of unbranched alkanes of at least 4 members (excludes halogenated alkanes) is 18. The quantitative estimate of drug-likeness (QED) is 0.0249. The first-order valence-electron chi connectivity index (χ1n) is 45.1. The van der Waals surface area contributed by atoms with Gasteiger partial charge in [0.25, 0.3) is 0 Å². The van der Waals surface area contributed by atoms with E-state index in [4.69, 9.17) is 49.4 Å². The predicted molar refractivity (Wildman–Crippen MR) is 469 cm³/mol. The van der Waals surface area contributed by atoms with Crippen LogP contribution in [-0.2, 0) is 71.5 Å². The Morgan fingerprint density at radius 3 is 1.16 bits per heavy atom. The molecule has 0 heterocycles. The molecule has 16 atom stereocenters. The molecule has 0 radical (unpaired) electrons. The Hall–Kier alpha value is -5.65. The summed E-state index contributed by atoms with van der Waals surface area (Å²) in [6.07, 6.45) is 50.2. The molecule has 17 nitrogen and oxygen atoms in total. The molecular formula is C97H170N2O15. The molecule has 0 aromatic carbocycles. The Balaban J connectivity index is 0.00000131. The Morgan fingerprint density at radius 2 is 0.772 bits per heavy atom. The highest BCUT2D eigenvalue weighted by molar-refractivity contribution is 5.88. The molecule has 658 valence electrons. The number of esters is 7. The molecule has 0 saturated heterocycles. The smallest absolute Gasteiger partial charge is 0.333 e. The molecule has 4 N–H and O–H groups in total. The van der Waals surface area contributed by atoms with Gasteiger partial charge in [-0.15, -0.1) is 0 Å². The number of carbonyl (C=O) groups is 7. The van der Waals surface area contributed by atoms with Crippen LogP contribution in [0.4, 0.5) is 0 Å². The third-order valence-corrected chi connectivity index (χ3v) is 23.7. The molecule has 0 aromatic heterocycles. The van der Waals surface area contributed by atoms with Crippen LogP contribution in [0.5, 0.6) is 0 Å². The van der Waals surface area contributed by atoms with E-state index < -0.39 is 0 Å². The van der Waals surface area contributed by atoms with Crippen molar-refractivity contribution in [2.24, 2.45) is 94.3 Å². The standard InChI is InChI=1S/C20H38O2.C14H26O3.C14H20O2.C13H25NO2.C13H18O2.C12H22O2.C11H21NO2/c1-9-20(21)22-19(8)18(7)13-17(6)12-16(5)11-15(4)10-14(2)3;1-13(2)14(15)17-12-10-8-6-4-5-7-9-11-16-3;1-8(2)14(15)16-13-7-9-6-12(13)11-5-3-4-10(9)11;1-12(2)13(15)16-11-9-7-5-3-4-6-8-10-14;1-2-13(14)15-12-7-8-6-11(12)10-5-3-4-9(8)10;1-5-7-8-11(6-2)9-14-12(13)10(3)4;1-2-11(13)14-10-8-6-4-3-5-7-9-12/h9,14-19H,1,10-13H2,2-8H3;1,4-12H2,2-3H3;9-13H,1,3-7H2,2H3;1,3-11,14H2,2H3;2,8-12H,1,3-7H2;11H,3,5-9H2,1-2,4H3;2H,1,3-10,12H2. The van der Waals surface area contributed by atoms with Gasteiger partial charge in [-0.1, -0.05) is 223 Å². The van der Waals surface area contributed by atoms with Crippen LogP contribution in [0.1, 0.15) is 334 Å². The van der Waals surface area contributed by atoms with Gasteiger partial charge in [0.15, 0.2) is 0 Å². The number of rotatable bonds is 52. The van der Waals surface area contributed by atoms with Crippen LogP contribution in [0.25, 0.3) is 0 Å². The van der Waals surface area contributed by atoms with Gasteiger partial charge in [-0.3, -0.25) is 0 Å². The highest BCUT2D eigenvalue weighted by Crippen LogP contribution is 2.60. The Bertz CT molecular complexity index is 2710. The Kier molecular flexibility index (Phi) is 63.9. The number of fused-ring (bicyclic) bond motifs is 10. The lowest BCUT2D eigenvalue weighted by Gasteiger charge is -2.31. The lowest BCUT2D eigenvalue weighted by atomic mass is 9.80. The second kappa shape index (κ2) is 67.3. The Morgan fingerprint density at radius 1 is 0.404 bits per heavy atom. The number of hydrogen-bond donors (Lipinski definition) is 2. The second-order valence-electron chi connectivity index (χ2n) is 34.8. The van der Waals surface area contributed by atoms with Gasteiger partial charge in [0.1, 0.15) is 18.3 Å². The molecule has 4 bridgehead atoms. The number of carbonyl (C=O) groups excluding carboxylic acids is 7. The first-order valence-corrected chi connectivity index (χ1v) is 45.1. The van der Waals surface area contributed by atoms with Crippen molar-refractivity contribution in [3.8, 4) is 0 Å². The van der Waals surface area contributed by atoms with E-state index in [1.165, 1.54) is 172 Å². The summed E-state index contributed by atoms with van der Waals surface area (Å²) in [5.74, 6) is 8.76. The molecule has 114 heavy (non-hydrogen) atoms. The van der Waals surface area contributed by atoms with Crippen molar-refractivity contribution >= 4 is 41.8 Å². The van der Waals surface area contributed by atoms with Crippen LogP contribution < -0.4 is 11.5 Å². The normalized spacial score (nSPS) is 21.6. The summed E-state index contributed by atoms with van der Waals surface area (Å²) in [6.45, 7) is 55.9. The van der Waals surface area contributed by atoms with Gasteiger partial charge < -0.3 is 49.4 Å². The zero-order valence-corrected chi connectivity index (χ0v) is 75.1. The average molecular weight is 1600 g/mol. The summed E-state index contributed by atoms with van der Waals surface area (Å²) in [4.78, 5) is 77.8. The summed E-state index contributed by atoms with van der Waals surface area (Å²) in [7, 11) is 1.74. The summed E-state index contributed by atoms with van der Waals surface area (Å²) in [6, 6.07) is 0. The fraction of sp³-hybridized carbons (Fsp3) is 0.784. The first kappa shape index (κ1) is 108. The van der Waals surface area contributed by atoms with E-state index in [1.54, 1.807) is 34.8 Å². The van der Waals surface area contributed by atoms with E-state index in [0.717, 1.165) is 163 Å². The highest BCUT2D eigenvalue weighted by Gasteiger charge is 2.56. The number of ether oxygens (including phenoxy) is 8. The topological polar surface area (TPSA) is 245 Å². The van der Waals surface area contributed by atoms with Crippen molar-refractivity contribution in [2.75, 3.05) is 53.2 Å². The zero-order chi connectivity index (χ0) is 85.8. The van der Waals surface area contributed by atoms with E-state index in [1.807, 2.05) is 6.92 Å². The van der Waals surface area contributed by atoms with Crippen LogP contribution in [0.3, 0.4) is 0 Å². The minimum Gasteiger partial charge on any atom is -0.463 e. The van der Waals surface area contributed by atoms with Crippen molar-refractivity contribution < 1.29 is 71.5 Å². The van der Waals surface area contributed by atoms with Gasteiger partial charge in [0.05, 0.1) is 26.4 Å². The molecule has 6 saturated carbocycles. The lowest BCUT2D eigenvalue weighted by Crippen LogP contribution is -2.32. The summed E-state index contributed by atoms with van der Waals surface area (Å²) in [5.41, 5.74) is 12.7. The molecule has 6 aliphatic carbocycles. The van der Waals surface area contributed by atoms with Crippen LogP contribution in [0.15, 0.2) is 86.6 Å². The number of nitrogens with two attached hydrogens (primary N) is 2. The molecule has 6 rings (SSSR count). The fourth-order valence-electron chi connectivity index (χ4n) is 17.7. The van der Waals surface area contributed by atoms with Crippen LogP contribution in [0, 0.1) is 82.9 Å². The predicted octanol–water partition coefficient (Wildman–Crippen LogP) is 23.0. The van der Waals surface area contributed by atoms with Crippen LogP contribution in [0.2, 0.25) is 0 Å². The molecule has 16 unspecified atom stereocenters. The van der Waals surface area contributed by atoms with E-state index in [0.29, 0.717) is 78.3 Å². The highest BCUT2D eigenvalue weighted by atomic mass is 16.6. The van der Waals surface area contributed by atoms with E-state index in [-0.39, 0.29) is 60.1 Å². The van der Waals surface area contributed by atoms with Gasteiger partial charge >= 0.3 is 41.8 Å². The maximum atomic E-state index is 11.5. The SMILES string of the molecule is C=C(C)C(=O)OC1CC2CC1C1CCCC21.C=C(C)C(=O)OCC(CC)CCCC.C=C(C)C(=O)OCCCCCCCCCN.C=C(C)C(=O)OCCCCCCCCCOC.C=CC(=O)OC(C)C(C)CC(C)CC(C)CC(C)CC(C)C.C=CC(=O)OC1CC2CC1C1CCCC21.C=CC(=O)OCCCCCCCCN.